The average Bonchev–Trinajstić information content (AvgIpc) is 3.21. The van der Waals surface area contributed by atoms with E-state index < -0.39 is 5.60 Å². The molecule has 1 saturated heterocycles. The van der Waals surface area contributed by atoms with Crippen LogP contribution in [0.15, 0.2) is 41.8 Å². The van der Waals surface area contributed by atoms with Crippen molar-refractivity contribution in [2.45, 2.75) is 19.4 Å². The van der Waals surface area contributed by atoms with Gasteiger partial charge in [-0.1, -0.05) is 0 Å². The van der Waals surface area contributed by atoms with Gasteiger partial charge in [0.1, 0.15) is 18.2 Å². The number of ether oxygens (including phenoxy) is 1. The number of piperazine rings is 1. The van der Waals surface area contributed by atoms with Gasteiger partial charge in [-0.25, -0.2) is 4.98 Å². The summed E-state index contributed by atoms with van der Waals surface area (Å²) in [7, 11) is 0. The third-order valence-electron chi connectivity index (χ3n) is 5.26. The van der Waals surface area contributed by atoms with Gasteiger partial charge in [-0.3, -0.25) is 4.90 Å². The fraction of sp³-hybridized carbons (Fsp3) is 0.435. The van der Waals surface area contributed by atoms with Crippen LogP contribution < -0.4 is 9.64 Å². The van der Waals surface area contributed by atoms with Gasteiger partial charge in [0, 0.05) is 48.4 Å². The summed E-state index contributed by atoms with van der Waals surface area (Å²) in [6.07, 6.45) is 0. The molecule has 0 amide bonds. The summed E-state index contributed by atoms with van der Waals surface area (Å²) >= 11 is 1.73. The number of aliphatic hydroxyl groups excluding tert-OH is 1. The van der Waals surface area contributed by atoms with Crippen LogP contribution in [0.4, 0.5) is 5.82 Å². The van der Waals surface area contributed by atoms with Crippen LogP contribution in [0, 0.1) is 0 Å². The first-order valence-corrected chi connectivity index (χ1v) is 11.2. The Kier molecular flexibility index (Phi) is 6.24. The molecule has 0 atom stereocenters. The molecule has 4 rings (SSSR count). The third kappa shape index (κ3) is 4.92. The molecule has 160 valence electrons. The van der Waals surface area contributed by atoms with Crippen molar-refractivity contribution in [3.05, 3.63) is 41.8 Å². The van der Waals surface area contributed by atoms with Crippen molar-refractivity contribution in [1.82, 2.24) is 9.88 Å². The number of nitrogens with zero attached hydrogens (tertiary/aromatic N) is 3. The van der Waals surface area contributed by atoms with Gasteiger partial charge in [0.25, 0.3) is 0 Å². The van der Waals surface area contributed by atoms with Crippen LogP contribution in [0.1, 0.15) is 13.8 Å². The zero-order chi connectivity index (χ0) is 21.1. The lowest BCUT2D eigenvalue weighted by Gasteiger charge is -2.35. The Morgan fingerprint density at radius 1 is 1.10 bits per heavy atom. The highest BCUT2D eigenvalue weighted by Crippen LogP contribution is 2.34. The fourth-order valence-electron chi connectivity index (χ4n) is 3.64. The molecule has 0 unspecified atom stereocenters. The molecule has 1 aliphatic heterocycles. The highest BCUT2D eigenvalue weighted by molar-refractivity contribution is 7.17. The fourth-order valence-corrected chi connectivity index (χ4v) is 4.46. The SMILES string of the molecule is CC(C)(O)COc1ccc(-c2cc3sccc3c(N3CCN(CCO)CC3)n2)cc1. The average molecular weight is 428 g/mol. The van der Waals surface area contributed by atoms with Gasteiger partial charge >= 0.3 is 0 Å². The van der Waals surface area contributed by atoms with Crippen molar-refractivity contribution in [3.8, 4) is 17.0 Å². The highest BCUT2D eigenvalue weighted by atomic mass is 32.1. The second kappa shape index (κ2) is 8.89. The van der Waals surface area contributed by atoms with Gasteiger partial charge in [-0.05, 0) is 55.6 Å². The molecule has 1 aromatic carbocycles. The molecular formula is C23H29N3O3S. The van der Waals surface area contributed by atoms with E-state index >= 15 is 0 Å². The van der Waals surface area contributed by atoms with Crippen molar-refractivity contribution in [1.29, 1.82) is 0 Å². The van der Waals surface area contributed by atoms with Crippen molar-refractivity contribution >= 4 is 27.2 Å². The van der Waals surface area contributed by atoms with Crippen LogP contribution in [-0.2, 0) is 0 Å². The predicted octanol–water partition coefficient (Wildman–Crippen LogP) is 3.23. The number of rotatable bonds is 7. The first-order chi connectivity index (χ1) is 14.4. The van der Waals surface area contributed by atoms with Crippen molar-refractivity contribution < 1.29 is 14.9 Å². The Morgan fingerprint density at radius 2 is 1.83 bits per heavy atom. The topological polar surface area (TPSA) is 69.1 Å². The molecule has 0 bridgehead atoms. The van der Waals surface area contributed by atoms with Crippen molar-refractivity contribution in [2.24, 2.45) is 0 Å². The minimum atomic E-state index is -0.861. The summed E-state index contributed by atoms with van der Waals surface area (Å²) in [5, 5.41) is 22.3. The van der Waals surface area contributed by atoms with Crippen LogP contribution in [0.2, 0.25) is 0 Å². The lowest BCUT2D eigenvalue weighted by molar-refractivity contribution is 0.0285. The Morgan fingerprint density at radius 3 is 2.50 bits per heavy atom. The molecule has 30 heavy (non-hydrogen) atoms. The molecule has 0 radical (unpaired) electrons. The number of hydrogen-bond donors (Lipinski definition) is 2. The van der Waals surface area contributed by atoms with Gasteiger partial charge < -0.3 is 19.8 Å². The summed E-state index contributed by atoms with van der Waals surface area (Å²) in [5.74, 6) is 1.77. The Hall–Kier alpha value is -2.19. The lowest BCUT2D eigenvalue weighted by atomic mass is 10.1. The van der Waals surface area contributed by atoms with E-state index in [4.69, 9.17) is 9.72 Å². The number of β-amino-alcohol motifs (C(OH)–C–C–N with tert-alkyl or cyclic N) is 1. The molecule has 2 N–H and O–H groups in total. The maximum absolute atomic E-state index is 9.84. The summed E-state index contributed by atoms with van der Waals surface area (Å²) in [6.45, 7) is 8.33. The molecule has 1 aliphatic rings. The van der Waals surface area contributed by atoms with Crippen LogP contribution in [0.5, 0.6) is 5.75 Å². The number of anilines is 1. The van der Waals surface area contributed by atoms with Crippen molar-refractivity contribution in [3.63, 3.8) is 0 Å². The number of pyridine rings is 1. The zero-order valence-electron chi connectivity index (χ0n) is 17.5. The molecule has 7 heteroatoms. The van der Waals surface area contributed by atoms with E-state index in [-0.39, 0.29) is 13.2 Å². The number of benzene rings is 1. The van der Waals surface area contributed by atoms with E-state index in [1.807, 2.05) is 24.3 Å². The molecule has 2 aromatic heterocycles. The predicted molar refractivity (Wildman–Crippen MR) is 123 cm³/mol. The van der Waals surface area contributed by atoms with E-state index in [0.717, 1.165) is 55.5 Å². The minimum absolute atomic E-state index is 0.206. The molecule has 3 heterocycles. The first-order valence-electron chi connectivity index (χ1n) is 10.3. The van der Waals surface area contributed by atoms with Gasteiger partial charge in [0.05, 0.1) is 17.9 Å². The number of aliphatic hydroxyl groups is 2. The van der Waals surface area contributed by atoms with Gasteiger partial charge in [0.15, 0.2) is 0 Å². The van der Waals surface area contributed by atoms with E-state index in [0.29, 0.717) is 0 Å². The van der Waals surface area contributed by atoms with Gasteiger partial charge in [0.2, 0.25) is 0 Å². The number of aromatic nitrogens is 1. The quantitative estimate of drug-likeness (QED) is 0.603. The van der Waals surface area contributed by atoms with Crippen LogP contribution in [0.3, 0.4) is 0 Å². The van der Waals surface area contributed by atoms with E-state index in [2.05, 4.69) is 27.3 Å². The summed E-state index contributed by atoms with van der Waals surface area (Å²) in [4.78, 5) is 9.68. The molecule has 3 aromatic rings. The van der Waals surface area contributed by atoms with E-state index in [9.17, 15) is 10.2 Å². The van der Waals surface area contributed by atoms with Crippen LogP contribution in [-0.4, -0.2) is 71.6 Å². The molecule has 6 nitrogen and oxygen atoms in total. The highest BCUT2D eigenvalue weighted by Gasteiger charge is 2.21. The van der Waals surface area contributed by atoms with Crippen LogP contribution >= 0.6 is 11.3 Å². The van der Waals surface area contributed by atoms with E-state index in [1.165, 1.54) is 10.1 Å². The summed E-state index contributed by atoms with van der Waals surface area (Å²) in [5.41, 5.74) is 1.13. The number of thiophene rings is 1. The smallest absolute Gasteiger partial charge is 0.138 e. The zero-order valence-corrected chi connectivity index (χ0v) is 18.4. The number of fused-ring (bicyclic) bond motifs is 1. The third-order valence-corrected chi connectivity index (χ3v) is 6.12. The summed E-state index contributed by atoms with van der Waals surface area (Å²) in [6, 6.07) is 12.2. The minimum Gasteiger partial charge on any atom is -0.491 e. The molecule has 0 saturated carbocycles. The molecule has 1 fully saturated rings. The maximum atomic E-state index is 9.84. The van der Waals surface area contributed by atoms with Gasteiger partial charge in [-0.2, -0.15) is 0 Å². The Bertz CT molecular complexity index is 974. The Labute approximate surface area is 181 Å². The van der Waals surface area contributed by atoms with E-state index in [1.54, 1.807) is 25.2 Å². The molecular weight excluding hydrogens is 398 g/mol. The summed E-state index contributed by atoms with van der Waals surface area (Å²) < 4.78 is 6.90. The first kappa shape index (κ1) is 21.1. The lowest BCUT2D eigenvalue weighted by Crippen LogP contribution is -2.47. The largest absolute Gasteiger partial charge is 0.491 e. The Balaban J connectivity index is 1.57. The van der Waals surface area contributed by atoms with Gasteiger partial charge in [-0.15, -0.1) is 11.3 Å². The maximum Gasteiger partial charge on any atom is 0.138 e. The monoisotopic (exact) mass is 427 g/mol. The molecule has 0 spiro atoms. The molecule has 0 aliphatic carbocycles. The second-order valence-corrected chi connectivity index (χ2v) is 9.29. The van der Waals surface area contributed by atoms with Crippen LogP contribution in [0.25, 0.3) is 21.3 Å². The number of hydrogen-bond acceptors (Lipinski definition) is 7. The standard InChI is InChI=1S/C23H29N3O3S/c1-23(2,28)16-29-18-5-3-17(4-6-18)20-15-21-19(7-14-30-21)22(24-20)26-10-8-25(9-11-26)12-13-27/h3-7,14-15,27-28H,8-13,16H2,1-2H3. The normalized spacial score (nSPS) is 15.7. The van der Waals surface area contributed by atoms with Crippen molar-refractivity contribution in [2.75, 3.05) is 50.8 Å². The second-order valence-electron chi connectivity index (χ2n) is 8.34.